The topological polar surface area (TPSA) is 50.4 Å². The van der Waals surface area contributed by atoms with Gasteiger partial charge in [-0.05, 0) is 32.2 Å². The molecule has 1 unspecified atom stereocenters. The third-order valence-electron chi connectivity index (χ3n) is 3.52. The first-order valence-electron chi connectivity index (χ1n) is 6.58. The Morgan fingerprint density at radius 2 is 2.17 bits per heavy atom. The van der Waals surface area contributed by atoms with E-state index in [1.165, 1.54) is 0 Å². The summed E-state index contributed by atoms with van der Waals surface area (Å²) in [5.41, 5.74) is 0. The predicted octanol–water partition coefficient (Wildman–Crippen LogP) is 1.58. The van der Waals surface area contributed by atoms with Crippen LogP contribution in [-0.4, -0.2) is 38.3 Å². The van der Waals surface area contributed by atoms with E-state index < -0.39 is 0 Å². The Kier molecular flexibility index (Phi) is 8.57. The standard InChI is InChI=1S/C13H26N2O2.ClH/c1-9(2)12(17-4)8-15-13(16)11-5-6-14-10(3)7-11;/h9-12,14H,5-8H2,1-4H3,(H,15,16);1H/t10-,11-,12?;/m0./s1. The first kappa shape index (κ1) is 17.7. The van der Waals surface area contributed by atoms with Crippen LogP contribution in [0.15, 0.2) is 0 Å². The zero-order valence-electron chi connectivity index (χ0n) is 11.9. The molecule has 18 heavy (non-hydrogen) atoms. The van der Waals surface area contributed by atoms with Crippen LogP contribution in [0.2, 0.25) is 0 Å². The fourth-order valence-corrected chi connectivity index (χ4v) is 2.31. The van der Waals surface area contributed by atoms with Gasteiger partial charge in [-0.3, -0.25) is 4.79 Å². The highest BCUT2D eigenvalue weighted by molar-refractivity contribution is 5.85. The van der Waals surface area contributed by atoms with Gasteiger partial charge in [-0.25, -0.2) is 0 Å². The summed E-state index contributed by atoms with van der Waals surface area (Å²) in [4.78, 5) is 12.0. The molecule has 1 aliphatic heterocycles. The Morgan fingerprint density at radius 1 is 1.50 bits per heavy atom. The lowest BCUT2D eigenvalue weighted by molar-refractivity contribution is -0.126. The van der Waals surface area contributed by atoms with Crippen molar-refractivity contribution < 1.29 is 9.53 Å². The minimum Gasteiger partial charge on any atom is -0.379 e. The second-order valence-electron chi connectivity index (χ2n) is 5.34. The van der Waals surface area contributed by atoms with Crippen LogP contribution in [0.1, 0.15) is 33.6 Å². The molecule has 0 radical (unpaired) electrons. The van der Waals surface area contributed by atoms with E-state index in [0.717, 1.165) is 19.4 Å². The molecule has 1 amide bonds. The molecular weight excluding hydrogens is 252 g/mol. The number of nitrogens with one attached hydrogen (secondary N) is 2. The summed E-state index contributed by atoms with van der Waals surface area (Å²) < 4.78 is 5.34. The summed E-state index contributed by atoms with van der Waals surface area (Å²) in [7, 11) is 1.70. The molecule has 1 heterocycles. The number of ether oxygens (including phenoxy) is 1. The van der Waals surface area contributed by atoms with Gasteiger partial charge in [0.2, 0.25) is 5.91 Å². The largest absolute Gasteiger partial charge is 0.379 e. The van der Waals surface area contributed by atoms with Crippen LogP contribution in [0.4, 0.5) is 0 Å². The minimum atomic E-state index is 0. The first-order valence-corrected chi connectivity index (χ1v) is 6.58. The van der Waals surface area contributed by atoms with E-state index in [2.05, 4.69) is 31.4 Å². The van der Waals surface area contributed by atoms with Gasteiger partial charge >= 0.3 is 0 Å². The van der Waals surface area contributed by atoms with Crippen LogP contribution < -0.4 is 10.6 Å². The van der Waals surface area contributed by atoms with Crippen molar-refractivity contribution in [3.8, 4) is 0 Å². The Balaban J connectivity index is 0.00000289. The van der Waals surface area contributed by atoms with Gasteiger partial charge in [0, 0.05) is 25.6 Å². The van der Waals surface area contributed by atoms with Crippen molar-refractivity contribution in [2.45, 2.75) is 45.8 Å². The number of amides is 1. The van der Waals surface area contributed by atoms with Gasteiger partial charge < -0.3 is 15.4 Å². The quantitative estimate of drug-likeness (QED) is 0.803. The SMILES string of the molecule is COC(CNC(=O)[C@H]1CCN[C@@H](C)C1)C(C)C.Cl. The Bertz CT molecular complexity index is 249. The number of rotatable bonds is 5. The highest BCUT2D eigenvalue weighted by Gasteiger charge is 2.25. The normalized spacial score (nSPS) is 25.4. The lowest BCUT2D eigenvalue weighted by atomic mass is 9.92. The van der Waals surface area contributed by atoms with Crippen molar-refractivity contribution >= 4 is 18.3 Å². The van der Waals surface area contributed by atoms with Crippen LogP contribution in [0.5, 0.6) is 0 Å². The zero-order chi connectivity index (χ0) is 12.8. The maximum atomic E-state index is 12.0. The Labute approximate surface area is 117 Å². The van der Waals surface area contributed by atoms with Gasteiger partial charge in [0.05, 0.1) is 6.10 Å². The summed E-state index contributed by atoms with van der Waals surface area (Å²) in [6.07, 6.45) is 1.98. The van der Waals surface area contributed by atoms with Crippen LogP contribution >= 0.6 is 12.4 Å². The zero-order valence-corrected chi connectivity index (χ0v) is 12.7. The van der Waals surface area contributed by atoms with Crippen molar-refractivity contribution in [3.05, 3.63) is 0 Å². The second-order valence-corrected chi connectivity index (χ2v) is 5.34. The summed E-state index contributed by atoms with van der Waals surface area (Å²) in [6, 6.07) is 0.447. The molecule has 1 fully saturated rings. The van der Waals surface area contributed by atoms with E-state index in [4.69, 9.17) is 4.74 Å². The Morgan fingerprint density at radius 3 is 2.67 bits per heavy atom. The van der Waals surface area contributed by atoms with Gasteiger partial charge in [0.15, 0.2) is 0 Å². The van der Waals surface area contributed by atoms with Gasteiger partial charge in [0.25, 0.3) is 0 Å². The molecule has 0 spiro atoms. The van der Waals surface area contributed by atoms with Crippen LogP contribution in [-0.2, 0) is 9.53 Å². The monoisotopic (exact) mass is 278 g/mol. The number of piperidine rings is 1. The number of halogens is 1. The van der Waals surface area contributed by atoms with Gasteiger partial charge in [-0.1, -0.05) is 13.8 Å². The summed E-state index contributed by atoms with van der Waals surface area (Å²) in [5, 5.41) is 6.37. The molecule has 5 heteroatoms. The number of carbonyl (C=O) groups excluding carboxylic acids is 1. The maximum absolute atomic E-state index is 12.0. The molecular formula is C13H27ClN2O2. The summed E-state index contributed by atoms with van der Waals surface area (Å²) in [5.74, 6) is 0.768. The molecule has 108 valence electrons. The maximum Gasteiger partial charge on any atom is 0.223 e. The smallest absolute Gasteiger partial charge is 0.223 e. The number of hydrogen-bond donors (Lipinski definition) is 2. The van der Waals surface area contributed by atoms with E-state index in [9.17, 15) is 4.79 Å². The van der Waals surface area contributed by atoms with Crippen LogP contribution in [0, 0.1) is 11.8 Å². The number of carbonyl (C=O) groups is 1. The number of hydrogen-bond acceptors (Lipinski definition) is 3. The molecule has 0 saturated carbocycles. The highest BCUT2D eigenvalue weighted by Crippen LogP contribution is 2.16. The molecule has 1 rings (SSSR count). The third-order valence-corrected chi connectivity index (χ3v) is 3.52. The van der Waals surface area contributed by atoms with E-state index in [1.54, 1.807) is 7.11 Å². The molecule has 2 N–H and O–H groups in total. The molecule has 4 nitrogen and oxygen atoms in total. The molecule has 0 bridgehead atoms. The van der Waals surface area contributed by atoms with E-state index >= 15 is 0 Å². The van der Waals surface area contributed by atoms with Crippen LogP contribution in [0.25, 0.3) is 0 Å². The minimum absolute atomic E-state index is 0. The summed E-state index contributed by atoms with van der Waals surface area (Å²) in [6.45, 7) is 7.90. The molecule has 0 aromatic carbocycles. The molecule has 1 aliphatic rings. The molecule has 0 aromatic rings. The van der Waals surface area contributed by atoms with E-state index in [0.29, 0.717) is 18.5 Å². The first-order chi connectivity index (χ1) is 8.04. The Hall–Kier alpha value is -0.320. The summed E-state index contributed by atoms with van der Waals surface area (Å²) >= 11 is 0. The van der Waals surface area contributed by atoms with Crippen molar-refractivity contribution in [2.24, 2.45) is 11.8 Å². The van der Waals surface area contributed by atoms with Gasteiger partial charge in [0.1, 0.15) is 0 Å². The van der Waals surface area contributed by atoms with Gasteiger partial charge in [-0.15, -0.1) is 12.4 Å². The second kappa shape index (κ2) is 8.73. The lowest BCUT2D eigenvalue weighted by Crippen LogP contribution is -2.44. The average molecular weight is 279 g/mol. The van der Waals surface area contributed by atoms with E-state index in [1.807, 2.05) is 0 Å². The van der Waals surface area contributed by atoms with Crippen molar-refractivity contribution in [1.29, 1.82) is 0 Å². The molecule has 0 aromatic heterocycles. The molecule has 1 saturated heterocycles. The van der Waals surface area contributed by atoms with Crippen molar-refractivity contribution in [1.82, 2.24) is 10.6 Å². The van der Waals surface area contributed by atoms with Crippen molar-refractivity contribution in [2.75, 3.05) is 20.2 Å². The van der Waals surface area contributed by atoms with Crippen molar-refractivity contribution in [3.63, 3.8) is 0 Å². The lowest BCUT2D eigenvalue weighted by Gasteiger charge is -2.28. The third kappa shape index (κ3) is 5.55. The van der Waals surface area contributed by atoms with Gasteiger partial charge in [-0.2, -0.15) is 0 Å². The highest BCUT2D eigenvalue weighted by atomic mass is 35.5. The predicted molar refractivity (Wildman–Crippen MR) is 76.1 cm³/mol. The van der Waals surface area contributed by atoms with E-state index in [-0.39, 0.29) is 30.3 Å². The molecule has 3 atom stereocenters. The fraction of sp³-hybridized carbons (Fsp3) is 0.923. The molecule has 0 aliphatic carbocycles. The average Bonchev–Trinajstić information content (AvgIpc) is 2.29. The fourth-order valence-electron chi connectivity index (χ4n) is 2.31. The number of methoxy groups -OCH3 is 1. The van der Waals surface area contributed by atoms with Crippen LogP contribution in [0.3, 0.4) is 0 Å².